The first-order valence-corrected chi connectivity index (χ1v) is 18.9. The molecule has 3 aromatic carbocycles. The van der Waals surface area contributed by atoms with Crippen molar-refractivity contribution in [1.29, 1.82) is 0 Å². The smallest absolute Gasteiger partial charge is 0.444 e. The number of anilines is 1. The van der Waals surface area contributed by atoms with Crippen molar-refractivity contribution in [3.8, 4) is 5.75 Å². The number of nitrogens with one attached hydrogen (secondary N) is 3. The summed E-state index contributed by atoms with van der Waals surface area (Å²) in [5.41, 5.74) is -6.21. The number of benzene rings is 3. The van der Waals surface area contributed by atoms with E-state index < -0.39 is 92.5 Å². The van der Waals surface area contributed by atoms with Crippen molar-refractivity contribution in [2.45, 2.75) is 76.2 Å². The number of hydrogen-bond donors (Lipinski definition) is 3. The summed E-state index contributed by atoms with van der Waals surface area (Å²) in [6, 6.07) is 10.7. The quantitative estimate of drug-likeness (QED) is 0.0585. The van der Waals surface area contributed by atoms with Crippen molar-refractivity contribution in [3.05, 3.63) is 93.2 Å². The molecule has 3 N–H and O–H groups in total. The molecule has 0 aliphatic carbocycles. The van der Waals surface area contributed by atoms with Gasteiger partial charge >= 0.3 is 21.7 Å². The van der Waals surface area contributed by atoms with Crippen molar-refractivity contribution in [1.82, 2.24) is 15.5 Å². The van der Waals surface area contributed by atoms with Crippen molar-refractivity contribution in [2.75, 3.05) is 11.9 Å². The number of Topliss-reactive ketones (excluding diaryl/α,β-unsaturated/α-hetero) is 1. The molecule has 0 bridgehead atoms. The molecule has 0 spiro atoms. The van der Waals surface area contributed by atoms with Crippen molar-refractivity contribution in [2.24, 2.45) is 0 Å². The largest absolute Gasteiger partial charge is 0.534 e. The molecule has 20 heteroatoms. The van der Waals surface area contributed by atoms with Crippen LogP contribution >= 0.6 is 23.2 Å². The van der Waals surface area contributed by atoms with E-state index in [9.17, 15) is 50.0 Å². The number of amides is 4. The van der Waals surface area contributed by atoms with Gasteiger partial charge in [-0.3, -0.25) is 19.2 Å². The average Bonchev–Trinajstić information content (AvgIpc) is 3.11. The zero-order valence-electron chi connectivity index (χ0n) is 30.0. The van der Waals surface area contributed by atoms with Gasteiger partial charge in [0, 0.05) is 37.9 Å². The molecule has 56 heavy (non-hydrogen) atoms. The monoisotopic (exact) mass is 846 g/mol. The minimum absolute atomic E-state index is 0.137. The molecule has 0 fully saturated rings. The van der Waals surface area contributed by atoms with Gasteiger partial charge in [-0.2, -0.15) is 21.6 Å². The Bertz CT molecular complexity index is 2100. The fourth-order valence-corrected chi connectivity index (χ4v) is 6.19. The van der Waals surface area contributed by atoms with Crippen LogP contribution in [0.1, 0.15) is 61.5 Å². The number of nitrogens with zero attached hydrogens (tertiary/aromatic N) is 1. The number of ketones is 1. The van der Waals surface area contributed by atoms with E-state index in [0.717, 1.165) is 23.1 Å². The Morgan fingerprint density at radius 3 is 2.27 bits per heavy atom. The maximum atomic E-state index is 14.9. The first-order valence-electron chi connectivity index (χ1n) is 16.8. The number of carbonyl (C=O) groups is 5. The van der Waals surface area contributed by atoms with E-state index in [1.807, 2.05) is 0 Å². The summed E-state index contributed by atoms with van der Waals surface area (Å²) in [6.07, 6.45) is -2.10. The molecular formula is C36H36Cl2F4N4O9S. The number of alkyl halides is 3. The number of carbonyl (C=O) groups excluding carboxylic acids is 5. The van der Waals surface area contributed by atoms with Crippen LogP contribution in [0.25, 0.3) is 0 Å². The van der Waals surface area contributed by atoms with Crippen LogP contribution in [0.4, 0.5) is 28.0 Å². The predicted molar refractivity (Wildman–Crippen MR) is 196 cm³/mol. The highest BCUT2D eigenvalue weighted by molar-refractivity contribution is 7.88. The van der Waals surface area contributed by atoms with Crippen molar-refractivity contribution < 1.29 is 58.9 Å². The zero-order valence-corrected chi connectivity index (χ0v) is 32.3. The molecule has 1 aliphatic rings. The average molecular weight is 848 g/mol. The van der Waals surface area contributed by atoms with Crippen molar-refractivity contribution >= 4 is 68.6 Å². The molecule has 302 valence electrons. The number of ether oxygens (including phenoxy) is 1. The first kappa shape index (κ1) is 43.8. The van der Waals surface area contributed by atoms with Crippen LogP contribution in [0, 0.1) is 5.82 Å². The van der Waals surface area contributed by atoms with E-state index in [1.165, 1.54) is 12.1 Å². The second-order valence-corrected chi connectivity index (χ2v) is 15.8. The SMILES string of the molecule is CC(C)(C)OC(=O)NCC[C@H](NC(=O)[C@@H]1Cc2ccc(OS(=O)(=O)C(F)(F)F)cc2CN1C(=O)CCC(=O)c1ccccc1)C(=O)Nc1ccc(Cl)c(Cl)c1F. The summed E-state index contributed by atoms with van der Waals surface area (Å²) in [5.74, 6) is -4.78. The normalized spacial score (nSPS) is 14.9. The molecule has 0 saturated heterocycles. The van der Waals surface area contributed by atoms with E-state index in [1.54, 1.807) is 51.1 Å². The molecule has 0 radical (unpaired) electrons. The predicted octanol–water partition coefficient (Wildman–Crippen LogP) is 6.32. The molecule has 1 heterocycles. The number of hydrogen-bond acceptors (Lipinski definition) is 9. The third kappa shape index (κ3) is 11.5. The third-order valence-corrected chi connectivity index (χ3v) is 9.87. The molecule has 0 aromatic heterocycles. The van der Waals surface area contributed by atoms with Crippen LogP contribution in [0.2, 0.25) is 10.0 Å². The molecule has 3 aromatic rings. The molecule has 13 nitrogen and oxygen atoms in total. The van der Waals surface area contributed by atoms with Gasteiger partial charge in [-0.25, -0.2) is 9.18 Å². The van der Waals surface area contributed by atoms with Crippen LogP contribution in [-0.4, -0.2) is 72.7 Å². The van der Waals surface area contributed by atoms with Crippen LogP contribution in [0.15, 0.2) is 60.7 Å². The third-order valence-electron chi connectivity index (χ3n) is 8.11. The van der Waals surface area contributed by atoms with Gasteiger partial charge in [0.25, 0.3) is 0 Å². The Balaban J connectivity index is 1.63. The summed E-state index contributed by atoms with van der Waals surface area (Å²) in [7, 11) is -6.04. The fraction of sp³-hybridized carbons (Fsp3) is 0.361. The van der Waals surface area contributed by atoms with Gasteiger partial charge in [-0.05, 0) is 62.6 Å². The molecule has 4 rings (SSSR count). The zero-order chi connectivity index (χ0) is 41.6. The number of rotatable bonds is 13. The van der Waals surface area contributed by atoms with Gasteiger partial charge in [-0.15, -0.1) is 0 Å². The molecule has 0 saturated carbocycles. The Morgan fingerprint density at radius 1 is 0.946 bits per heavy atom. The Hall–Kier alpha value is -4.94. The minimum atomic E-state index is -6.04. The van der Waals surface area contributed by atoms with Gasteiger partial charge < -0.3 is 29.8 Å². The van der Waals surface area contributed by atoms with Gasteiger partial charge in [0.15, 0.2) is 11.6 Å². The second kappa shape index (κ2) is 17.9. The summed E-state index contributed by atoms with van der Waals surface area (Å²) in [4.78, 5) is 67.5. The van der Waals surface area contributed by atoms with Gasteiger partial charge in [0.05, 0.1) is 15.7 Å². The minimum Gasteiger partial charge on any atom is -0.444 e. The Labute approximate surface area is 329 Å². The highest BCUT2D eigenvalue weighted by Crippen LogP contribution is 2.33. The number of halogens is 6. The number of fused-ring (bicyclic) bond motifs is 1. The van der Waals surface area contributed by atoms with E-state index in [4.69, 9.17) is 27.9 Å². The van der Waals surface area contributed by atoms with E-state index in [0.29, 0.717) is 11.1 Å². The fourth-order valence-electron chi connectivity index (χ4n) is 5.43. The van der Waals surface area contributed by atoms with Gasteiger partial charge in [0.1, 0.15) is 23.4 Å². The van der Waals surface area contributed by atoms with E-state index >= 15 is 0 Å². The molecule has 2 atom stereocenters. The number of alkyl carbamates (subject to hydrolysis) is 1. The highest BCUT2D eigenvalue weighted by atomic mass is 35.5. The van der Waals surface area contributed by atoms with Gasteiger partial charge in [-0.1, -0.05) is 59.6 Å². The maximum absolute atomic E-state index is 14.9. The Morgan fingerprint density at radius 2 is 1.62 bits per heavy atom. The summed E-state index contributed by atoms with van der Waals surface area (Å²) >= 11 is 11.8. The van der Waals surface area contributed by atoms with Gasteiger partial charge in [0.2, 0.25) is 17.7 Å². The second-order valence-electron chi connectivity index (χ2n) is 13.4. The summed E-state index contributed by atoms with van der Waals surface area (Å²) < 4.78 is 86.8. The lowest BCUT2D eigenvalue weighted by atomic mass is 9.92. The topological polar surface area (TPSA) is 177 Å². The molecule has 1 aliphatic heterocycles. The van der Waals surface area contributed by atoms with Crippen LogP contribution in [-0.2, 0) is 42.2 Å². The molecular weight excluding hydrogens is 811 g/mol. The van der Waals surface area contributed by atoms with Crippen LogP contribution < -0.4 is 20.1 Å². The molecule has 4 amide bonds. The maximum Gasteiger partial charge on any atom is 0.534 e. The first-order chi connectivity index (χ1) is 26.1. The summed E-state index contributed by atoms with van der Waals surface area (Å²) in [6.45, 7) is 4.19. The lowest BCUT2D eigenvalue weighted by Gasteiger charge is -2.37. The lowest BCUT2D eigenvalue weighted by Crippen LogP contribution is -2.56. The molecule has 0 unspecified atom stereocenters. The van der Waals surface area contributed by atoms with Crippen LogP contribution in [0.3, 0.4) is 0 Å². The van der Waals surface area contributed by atoms with Crippen molar-refractivity contribution in [3.63, 3.8) is 0 Å². The van der Waals surface area contributed by atoms with E-state index in [2.05, 4.69) is 20.1 Å². The summed E-state index contributed by atoms with van der Waals surface area (Å²) in [5, 5.41) is 6.68. The van der Waals surface area contributed by atoms with Crippen LogP contribution in [0.5, 0.6) is 5.75 Å². The Kier molecular flexibility index (Phi) is 14.0. The lowest BCUT2D eigenvalue weighted by molar-refractivity contribution is -0.142. The highest BCUT2D eigenvalue weighted by Gasteiger charge is 2.48. The van der Waals surface area contributed by atoms with E-state index in [-0.39, 0.29) is 42.1 Å². The standard InChI is InChI=1S/C36H36Cl2F4N4O9S/c1-35(2,3)54-34(51)43-16-15-26(32(49)44-25-12-11-24(37)30(38)31(25)39)45-33(50)27-18-21-9-10-23(55-56(52,53)36(40,41)42)17-22(21)19-46(27)29(48)14-13-28(47)20-7-5-4-6-8-20/h4-12,17,26-27H,13-16,18-19H2,1-3H3,(H,43,51)(H,44,49)(H,45,50)/t26-,27-/m0/s1.